The van der Waals surface area contributed by atoms with Crippen LogP contribution in [0.4, 0.5) is 5.82 Å². The fourth-order valence-electron chi connectivity index (χ4n) is 3.14. The van der Waals surface area contributed by atoms with Gasteiger partial charge in [0.2, 0.25) is 5.91 Å². The van der Waals surface area contributed by atoms with Gasteiger partial charge in [0.1, 0.15) is 0 Å². The SMILES string of the molecule is CN(CCCCNc1n[nH]c(=O)c2ccccc12)C(=O)CCc1ccccc1. The lowest BCUT2D eigenvalue weighted by atomic mass is 10.1. The molecule has 1 aromatic heterocycles. The summed E-state index contributed by atoms with van der Waals surface area (Å²) in [6.45, 7) is 1.46. The van der Waals surface area contributed by atoms with Crippen molar-refractivity contribution in [3.8, 4) is 0 Å². The van der Waals surface area contributed by atoms with Crippen molar-refractivity contribution >= 4 is 22.5 Å². The second-order valence-corrected chi connectivity index (χ2v) is 6.88. The molecule has 0 radical (unpaired) electrons. The molecule has 0 aliphatic carbocycles. The highest BCUT2D eigenvalue weighted by molar-refractivity contribution is 5.90. The van der Waals surface area contributed by atoms with Crippen molar-refractivity contribution in [1.82, 2.24) is 15.1 Å². The molecule has 0 unspecified atom stereocenters. The molecule has 0 saturated carbocycles. The molecule has 2 N–H and O–H groups in total. The van der Waals surface area contributed by atoms with Crippen LogP contribution >= 0.6 is 0 Å². The Labute approximate surface area is 164 Å². The summed E-state index contributed by atoms with van der Waals surface area (Å²) in [6.07, 6.45) is 3.12. The Morgan fingerprint density at radius 3 is 2.54 bits per heavy atom. The first-order valence-electron chi connectivity index (χ1n) is 9.64. The molecule has 146 valence electrons. The second kappa shape index (κ2) is 9.69. The summed E-state index contributed by atoms with van der Waals surface area (Å²) in [5.41, 5.74) is 1.01. The molecule has 0 atom stereocenters. The number of rotatable bonds is 9. The normalized spacial score (nSPS) is 10.8. The number of anilines is 1. The lowest BCUT2D eigenvalue weighted by molar-refractivity contribution is -0.129. The van der Waals surface area contributed by atoms with Gasteiger partial charge in [0, 0.05) is 31.9 Å². The largest absolute Gasteiger partial charge is 0.368 e. The minimum Gasteiger partial charge on any atom is -0.368 e. The molecule has 3 rings (SSSR count). The standard InChI is InChI=1S/C22H26N4O2/c1-26(20(27)14-13-17-9-3-2-4-10-17)16-8-7-15-23-21-18-11-5-6-12-19(18)22(28)25-24-21/h2-6,9-12H,7-8,13-16H2,1H3,(H,23,24)(H,25,28). The zero-order chi connectivity index (χ0) is 19.8. The van der Waals surface area contributed by atoms with Crippen LogP contribution in [0.3, 0.4) is 0 Å². The summed E-state index contributed by atoms with van der Waals surface area (Å²) in [5.74, 6) is 0.854. The topological polar surface area (TPSA) is 78.1 Å². The molecular weight excluding hydrogens is 352 g/mol. The van der Waals surface area contributed by atoms with E-state index in [0.717, 1.165) is 37.7 Å². The average molecular weight is 378 g/mol. The summed E-state index contributed by atoms with van der Waals surface area (Å²) >= 11 is 0. The number of nitrogens with zero attached hydrogens (tertiary/aromatic N) is 2. The van der Waals surface area contributed by atoms with E-state index < -0.39 is 0 Å². The lowest BCUT2D eigenvalue weighted by Crippen LogP contribution is -2.28. The van der Waals surface area contributed by atoms with E-state index in [1.807, 2.05) is 55.6 Å². The Balaban J connectivity index is 1.39. The van der Waals surface area contributed by atoms with Crippen molar-refractivity contribution in [2.75, 3.05) is 25.5 Å². The van der Waals surface area contributed by atoms with Crippen molar-refractivity contribution in [3.05, 3.63) is 70.5 Å². The Bertz CT molecular complexity index is 969. The number of unbranched alkanes of at least 4 members (excludes halogenated alkanes) is 1. The maximum atomic E-state index is 12.2. The van der Waals surface area contributed by atoms with Gasteiger partial charge in [0.25, 0.3) is 5.56 Å². The quantitative estimate of drug-likeness (QED) is 0.561. The van der Waals surface area contributed by atoms with Crippen LogP contribution in [0.25, 0.3) is 10.8 Å². The third-order valence-corrected chi connectivity index (χ3v) is 4.80. The van der Waals surface area contributed by atoms with Gasteiger partial charge in [0.15, 0.2) is 5.82 Å². The highest BCUT2D eigenvalue weighted by atomic mass is 16.2. The van der Waals surface area contributed by atoms with Crippen molar-refractivity contribution < 1.29 is 4.79 Å². The smallest absolute Gasteiger partial charge is 0.272 e. The van der Waals surface area contributed by atoms with Gasteiger partial charge >= 0.3 is 0 Å². The molecule has 3 aromatic rings. The monoisotopic (exact) mass is 378 g/mol. The summed E-state index contributed by atoms with van der Waals surface area (Å²) in [4.78, 5) is 25.9. The third kappa shape index (κ3) is 5.19. The van der Waals surface area contributed by atoms with Crippen molar-refractivity contribution in [3.63, 3.8) is 0 Å². The van der Waals surface area contributed by atoms with Gasteiger partial charge in [-0.3, -0.25) is 9.59 Å². The molecule has 0 aliphatic heterocycles. The van der Waals surface area contributed by atoms with Crippen LogP contribution in [0.5, 0.6) is 0 Å². The van der Waals surface area contributed by atoms with Crippen molar-refractivity contribution in [1.29, 1.82) is 0 Å². The zero-order valence-corrected chi connectivity index (χ0v) is 16.1. The Hall–Kier alpha value is -3.15. The van der Waals surface area contributed by atoms with Gasteiger partial charge in [-0.25, -0.2) is 5.10 Å². The maximum absolute atomic E-state index is 12.2. The van der Waals surface area contributed by atoms with Crippen LogP contribution in [0, 0.1) is 0 Å². The number of carbonyl (C=O) groups is 1. The summed E-state index contributed by atoms with van der Waals surface area (Å²) in [5, 5.41) is 11.4. The van der Waals surface area contributed by atoms with Crippen molar-refractivity contribution in [2.24, 2.45) is 0 Å². The number of nitrogens with one attached hydrogen (secondary N) is 2. The molecule has 1 heterocycles. The van der Waals surface area contributed by atoms with E-state index in [-0.39, 0.29) is 11.5 Å². The van der Waals surface area contributed by atoms with E-state index in [4.69, 9.17) is 0 Å². The number of aromatic amines is 1. The van der Waals surface area contributed by atoms with Gasteiger partial charge in [-0.2, -0.15) is 5.10 Å². The third-order valence-electron chi connectivity index (χ3n) is 4.80. The second-order valence-electron chi connectivity index (χ2n) is 6.88. The molecule has 2 aromatic carbocycles. The number of benzene rings is 2. The number of hydrogen-bond donors (Lipinski definition) is 2. The highest BCUT2D eigenvalue weighted by Crippen LogP contribution is 2.16. The number of amides is 1. The number of H-pyrrole nitrogens is 1. The molecule has 1 amide bonds. The predicted molar refractivity (Wildman–Crippen MR) is 112 cm³/mol. The number of aromatic nitrogens is 2. The molecular formula is C22H26N4O2. The Morgan fingerprint density at radius 2 is 1.75 bits per heavy atom. The van der Waals surface area contributed by atoms with Crippen LogP contribution in [0.1, 0.15) is 24.8 Å². The maximum Gasteiger partial charge on any atom is 0.272 e. The summed E-state index contributed by atoms with van der Waals surface area (Å²) < 4.78 is 0. The molecule has 6 heteroatoms. The Morgan fingerprint density at radius 1 is 1.04 bits per heavy atom. The van der Waals surface area contributed by atoms with E-state index in [0.29, 0.717) is 17.6 Å². The number of carbonyl (C=O) groups excluding carboxylic acids is 1. The fourth-order valence-corrected chi connectivity index (χ4v) is 3.14. The number of fused-ring (bicyclic) bond motifs is 1. The molecule has 28 heavy (non-hydrogen) atoms. The van der Waals surface area contributed by atoms with Crippen LogP contribution in [0.2, 0.25) is 0 Å². The molecule has 6 nitrogen and oxygen atoms in total. The summed E-state index contributed by atoms with van der Waals surface area (Å²) in [7, 11) is 1.86. The first-order valence-corrected chi connectivity index (χ1v) is 9.64. The van der Waals surface area contributed by atoms with Gasteiger partial charge in [0.05, 0.1) is 5.39 Å². The van der Waals surface area contributed by atoms with E-state index in [1.54, 1.807) is 11.0 Å². The molecule has 0 fully saturated rings. The van der Waals surface area contributed by atoms with Gasteiger partial charge in [-0.1, -0.05) is 48.5 Å². The van der Waals surface area contributed by atoms with Crippen LogP contribution in [-0.2, 0) is 11.2 Å². The van der Waals surface area contributed by atoms with E-state index >= 15 is 0 Å². The lowest BCUT2D eigenvalue weighted by Gasteiger charge is -2.17. The van der Waals surface area contributed by atoms with Crippen LogP contribution < -0.4 is 10.9 Å². The predicted octanol–water partition coefficient (Wildman–Crippen LogP) is 3.21. The van der Waals surface area contributed by atoms with Crippen LogP contribution in [-0.4, -0.2) is 41.1 Å². The molecule has 0 aliphatic rings. The number of aryl methyl sites for hydroxylation is 1. The Kier molecular flexibility index (Phi) is 6.78. The molecule has 0 spiro atoms. The van der Waals surface area contributed by atoms with E-state index in [9.17, 15) is 9.59 Å². The van der Waals surface area contributed by atoms with Gasteiger partial charge < -0.3 is 10.2 Å². The van der Waals surface area contributed by atoms with Gasteiger partial charge in [-0.05, 0) is 30.9 Å². The first kappa shape index (κ1) is 19.6. The highest BCUT2D eigenvalue weighted by Gasteiger charge is 2.09. The van der Waals surface area contributed by atoms with Gasteiger partial charge in [-0.15, -0.1) is 0 Å². The van der Waals surface area contributed by atoms with E-state index in [1.165, 1.54) is 5.56 Å². The molecule has 0 saturated heterocycles. The van der Waals surface area contributed by atoms with E-state index in [2.05, 4.69) is 15.5 Å². The summed E-state index contributed by atoms with van der Waals surface area (Å²) in [6, 6.07) is 17.5. The minimum absolute atomic E-state index is 0.171. The fraction of sp³-hybridized carbons (Fsp3) is 0.318. The first-order chi connectivity index (χ1) is 13.6. The minimum atomic E-state index is -0.184. The molecule has 0 bridgehead atoms. The van der Waals surface area contributed by atoms with Crippen molar-refractivity contribution in [2.45, 2.75) is 25.7 Å². The average Bonchev–Trinajstić information content (AvgIpc) is 2.74. The zero-order valence-electron chi connectivity index (χ0n) is 16.1. The number of hydrogen-bond acceptors (Lipinski definition) is 4. The van der Waals surface area contributed by atoms with Crippen LogP contribution in [0.15, 0.2) is 59.4 Å².